The summed E-state index contributed by atoms with van der Waals surface area (Å²) in [7, 11) is 0. The number of aromatic carboxylic acids is 1. The zero-order chi connectivity index (χ0) is 13.7. The third-order valence-electron chi connectivity index (χ3n) is 2.99. The van der Waals surface area contributed by atoms with Crippen LogP contribution in [0.1, 0.15) is 34.3 Å². The second-order valence-electron chi connectivity index (χ2n) is 4.48. The molecule has 2 aromatic heterocycles. The van der Waals surface area contributed by atoms with Gasteiger partial charge in [-0.25, -0.2) is 4.79 Å². The van der Waals surface area contributed by atoms with Gasteiger partial charge in [-0.1, -0.05) is 0 Å². The number of carboxylic acids is 1. The molecular formula is C14H17NO3S. The highest BCUT2D eigenvalue weighted by atomic mass is 32.1. The van der Waals surface area contributed by atoms with Crippen LogP contribution in [-0.4, -0.2) is 17.1 Å². The number of rotatable bonds is 7. The Morgan fingerprint density at radius 3 is 3.05 bits per heavy atom. The van der Waals surface area contributed by atoms with Crippen LogP contribution in [-0.2, 0) is 13.0 Å². The zero-order valence-electron chi connectivity index (χ0n) is 10.8. The minimum Gasteiger partial charge on any atom is -0.477 e. The molecule has 0 saturated carbocycles. The molecule has 0 amide bonds. The van der Waals surface area contributed by atoms with Gasteiger partial charge in [0.05, 0.1) is 6.26 Å². The lowest BCUT2D eigenvalue weighted by Crippen LogP contribution is -2.26. The lowest BCUT2D eigenvalue weighted by molar-refractivity contribution is 0.0701. The van der Waals surface area contributed by atoms with Crippen molar-refractivity contribution in [2.45, 2.75) is 32.4 Å². The minimum absolute atomic E-state index is 0.312. The van der Waals surface area contributed by atoms with Crippen molar-refractivity contribution in [3.05, 3.63) is 46.0 Å². The van der Waals surface area contributed by atoms with Crippen LogP contribution in [0.5, 0.6) is 0 Å². The van der Waals surface area contributed by atoms with E-state index in [2.05, 4.69) is 12.2 Å². The highest BCUT2D eigenvalue weighted by molar-refractivity contribution is 7.12. The van der Waals surface area contributed by atoms with E-state index in [1.807, 2.05) is 23.6 Å². The number of furan rings is 1. The summed E-state index contributed by atoms with van der Waals surface area (Å²) < 4.78 is 5.28. The molecule has 5 heteroatoms. The predicted octanol–water partition coefficient (Wildman–Crippen LogP) is 3.15. The second-order valence-corrected chi connectivity index (χ2v) is 5.40. The van der Waals surface area contributed by atoms with Crippen molar-refractivity contribution in [1.82, 2.24) is 5.32 Å². The molecule has 2 rings (SSSR count). The molecular weight excluding hydrogens is 262 g/mol. The van der Waals surface area contributed by atoms with Crippen molar-refractivity contribution in [3.63, 3.8) is 0 Å². The Bertz CT molecular complexity index is 519. The molecule has 0 aromatic carbocycles. The quantitative estimate of drug-likeness (QED) is 0.817. The van der Waals surface area contributed by atoms with E-state index in [4.69, 9.17) is 9.52 Å². The summed E-state index contributed by atoms with van der Waals surface area (Å²) in [5, 5.41) is 14.2. The summed E-state index contributed by atoms with van der Waals surface area (Å²) in [5.74, 6) is 0.130. The monoisotopic (exact) mass is 279 g/mol. The molecule has 0 aliphatic heterocycles. The number of hydrogen-bond acceptors (Lipinski definition) is 4. The summed E-state index contributed by atoms with van der Waals surface area (Å²) in [5.41, 5.74) is 0.849. The number of nitrogens with one attached hydrogen (secondary N) is 1. The molecule has 0 bridgehead atoms. The Balaban J connectivity index is 1.78. The molecule has 2 aromatic rings. The maximum atomic E-state index is 11.0. The topological polar surface area (TPSA) is 62.5 Å². The van der Waals surface area contributed by atoms with Crippen molar-refractivity contribution in [2.24, 2.45) is 0 Å². The number of thiophene rings is 1. The molecule has 1 unspecified atom stereocenters. The van der Waals surface area contributed by atoms with Crippen molar-refractivity contribution in [2.75, 3.05) is 0 Å². The van der Waals surface area contributed by atoms with Gasteiger partial charge >= 0.3 is 5.97 Å². The summed E-state index contributed by atoms with van der Waals surface area (Å²) in [4.78, 5) is 11.4. The van der Waals surface area contributed by atoms with Gasteiger partial charge in [-0.2, -0.15) is 0 Å². The highest BCUT2D eigenvalue weighted by Crippen LogP contribution is 2.17. The average molecular weight is 279 g/mol. The molecule has 0 radical (unpaired) electrons. The third-order valence-corrected chi connectivity index (χ3v) is 3.93. The lowest BCUT2D eigenvalue weighted by Gasteiger charge is -2.12. The molecule has 102 valence electrons. The number of hydrogen-bond donors (Lipinski definition) is 2. The van der Waals surface area contributed by atoms with Crippen LogP contribution < -0.4 is 5.32 Å². The average Bonchev–Trinajstić information content (AvgIpc) is 3.04. The fourth-order valence-electron chi connectivity index (χ4n) is 1.86. The molecule has 0 fully saturated rings. The predicted molar refractivity (Wildman–Crippen MR) is 74.6 cm³/mol. The fourth-order valence-corrected chi connectivity index (χ4v) is 2.62. The van der Waals surface area contributed by atoms with Crippen LogP contribution in [0.2, 0.25) is 0 Å². The molecule has 0 spiro atoms. The summed E-state index contributed by atoms with van der Waals surface area (Å²) in [6.45, 7) is 2.68. The van der Waals surface area contributed by atoms with Gasteiger partial charge in [0.1, 0.15) is 10.6 Å². The molecule has 0 aliphatic carbocycles. The van der Waals surface area contributed by atoms with E-state index < -0.39 is 5.97 Å². The molecule has 0 saturated heterocycles. The smallest absolute Gasteiger partial charge is 0.346 e. The zero-order valence-corrected chi connectivity index (χ0v) is 11.6. The summed E-state index contributed by atoms with van der Waals surface area (Å²) in [6, 6.07) is 6.03. The van der Waals surface area contributed by atoms with Crippen molar-refractivity contribution in [3.8, 4) is 0 Å². The van der Waals surface area contributed by atoms with Crippen molar-refractivity contribution < 1.29 is 14.3 Å². The Hall–Kier alpha value is -1.59. The van der Waals surface area contributed by atoms with Crippen LogP contribution in [0.15, 0.2) is 34.3 Å². The SMILES string of the molecule is CC(CCc1ccco1)NCc1ccsc1C(=O)O. The maximum Gasteiger partial charge on any atom is 0.346 e. The van der Waals surface area contributed by atoms with Crippen LogP contribution in [0.4, 0.5) is 0 Å². The molecule has 2 N–H and O–H groups in total. The lowest BCUT2D eigenvalue weighted by atomic mass is 10.1. The van der Waals surface area contributed by atoms with Gasteiger partial charge in [0.25, 0.3) is 0 Å². The molecule has 0 aliphatic rings. The molecule has 2 heterocycles. The Labute approximate surface area is 116 Å². The van der Waals surface area contributed by atoms with Gasteiger partial charge < -0.3 is 14.8 Å². The summed E-state index contributed by atoms with van der Waals surface area (Å²) >= 11 is 1.27. The largest absolute Gasteiger partial charge is 0.477 e. The fraction of sp³-hybridized carbons (Fsp3) is 0.357. The standard InChI is InChI=1S/C14H17NO3S/c1-10(4-5-12-3-2-7-18-12)15-9-11-6-8-19-13(11)14(16)17/h2-3,6-8,10,15H,4-5,9H2,1H3,(H,16,17). The molecule has 4 nitrogen and oxygen atoms in total. The first-order valence-corrected chi connectivity index (χ1v) is 7.10. The first-order valence-electron chi connectivity index (χ1n) is 6.22. The van der Waals surface area contributed by atoms with Crippen LogP contribution in [0.25, 0.3) is 0 Å². The first-order chi connectivity index (χ1) is 9.16. The minimum atomic E-state index is -0.852. The normalized spacial score (nSPS) is 12.5. The Kier molecular flexibility index (Phi) is 4.76. The van der Waals surface area contributed by atoms with Gasteiger partial charge in [-0.3, -0.25) is 0 Å². The van der Waals surface area contributed by atoms with E-state index in [1.54, 1.807) is 6.26 Å². The van der Waals surface area contributed by atoms with Gasteiger partial charge in [-0.05, 0) is 42.5 Å². The highest BCUT2D eigenvalue weighted by Gasteiger charge is 2.12. The number of carbonyl (C=O) groups is 1. The number of carboxylic acid groups (broad SMARTS) is 1. The van der Waals surface area contributed by atoms with E-state index in [-0.39, 0.29) is 0 Å². The summed E-state index contributed by atoms with van der Waals surface area (Å²) in [6.07, 6.45) is 3.52. The van der Waals surface area contributed by atoms with Gasteiger partial charge in [0, 0.05) is 19.0 Å². The number of aryl methyl sites for hydroxylation is 1. The van der Waals surface area contributed by atoms with Crippen LogP contribution >= 0.6 is 11.3 Å². The van der Waals surface area contributed by atoms with E-state index in [1.165, 1.54) is 11.3 Å². The van der Waals surface area contributed by atoms with Crippen LogP contribution in [0, 0.1) is 0 Å². The molecule has 1 atom stereocenters. The molecule has 19 heavy (non-hydrogen) atoms. The van der Waals surface area contributed by atoms with Gasteiger partial charge in [0.2, 0.25) is 0 Å². The Morgan fingerprint density at radius 1 is 1.53 bits per heavy atom. The van der Waals surface area contributed by atoms with E-state index in [0.29, 0.717) is 17.5 Å². The third kappa shape index (κ3) is 3.94. The van der Waals surface area contributed by atoms with Gasteiger partial charge in [0.15, 0.2) is 0 Å². The second kappa shape index (κ2) is 6.54. The first kappa shape index (κ1) is 13.8. The van der Waals surface area contributed by atoms with E-state index >= 15 is 0 Å². The Morgan fingerprint density at radius 2 is 2.37 bits per heavy atom. The van der Waals surface area contributed by atoms with Crippen molar-refractivity contribution >= 4 is 17.3 Å². The van der Waals surface area contributed by atoms with Crippen LogP contribution in [0.3, 0.4) is 0 Å². The maximum absolute atomic E-state index is 11.0. The van der Waals surface area contributed by atoms with E-state index in [0.717, 1.165) is 24.2 Å². The van der Waals surface area contributed by atoms with Gasteiger partial charge in [-0.15, -0.1) is 11.3 Å². The van der Waals surface area contributed by atoms with E-state index in [9.17, 15) is 4.79 Å². The van der Waals surface area contributed by atoms with Crippen molar-refractivity contribution in [1.29, 1.82) is 0 Å².